The van der Waals surface area contributed by atoms with Crippen molar-refractivity contribution in [1.29, 1.82) is 0 Å². The molecule has 210 valence electrons. The van der Waals surface area contributed by atoms with Gasteiger partial charge in [-0.15, -0.1) is 0 Å². The van der Waals surface area contributed by atoms with Gasteiger partial charge in [0, 0.05) is 32.2 Å². The molecule has 1 N–H and O–H groups in total. The Bertz CT molecular complexity index is 1430. The van der Waals surface area contributed by atoms with E-state index in [1.165, 1.54) is 21.9 Å². The molecule has 10 nitrogen and oxygen atoms in total. The zero-order valence-corrected chi connectivity index (χ0v) is 23.2. The summed E-state index contributed by atoms with van der Waals surface area (Å²) in [5.74, 6) is -0.667. The van der Waals surface area contributed by atoms with Crippen LogP contribution in [-0.4, -0.2) is 81.7 Å². The van der Waals surface area contributed by atoms with Crippen molar-refractivity contribution in [2.45, 2.75) is 17.4 Å². The number of anilines is 1. The van der Waals surface area contributed by atoms with Crippen molar-refractivity contribution in [1.82, 2.24) is 14.5 Å². The smallest absolute Gasteiger partial charge is 0.249 e. The Kier molecular flexibility index (Phi) is 9.18. The quantitative estimate of drug-likeness (QED) is 0.402. The zero-order valence-electron chi connectivity index (χ0n) is 22.4. The van der Waals surface area contributed by atoms with E-state index in [2.05, 4.69) is 5.32 Å². The van der Waals surface area contributed by atoms with Crippen molar-refractivity contribution in [3.05, 3.63) is 90.5 Å². The van der Waals surface area contributed by atoms with Crippen LogP contribution >= 0.6 is 0 Å². The van der Waals surface area contributed by atoms with Gasteiger partial charge in [-0.2, -0.15) is 4.31 Å². The Morgan fingerprint density at radius 2 is 1.57 bits per heavy atom. The molecule has 4 rings (SSSR count). The SMILES string of the molecule is COc1ccc(N(C)C(=O)[C@H](Cc2ccccc2)NC(=O)CN2CCN(S(=O)(=O)c3ccccc3)CC2=O)cc1. The van der Waals surface area contributed by atoms with Crippen LogP contribution in [0.25, 0.3) is 0 Å². The van der Waals surface area contributed by atoms with Gasteiger partial charge in [-0.3, -0.25) is 14.4 Å². The third-order valence-corrected chi connectivity index (χ3v) is 8.56. The molecule has 0 radical (unpaired) electrons. The van der Waals surface area contributed by atoms with E-state index in [1.54, 1.807) is 56.6 Å². The highest BCUT2D eigenvalue weighted by molar-refractivity contribution is 7.89. The maximum Gasteiger partial charge on any atom is 0.249 e. The van der Waals surface area contributed by atoms with Crippen molar-refractivity contribution in [2.75, 3.05) is 45.2 Å². The standard InChI is InChI=1S/C29H32N4O6S/c1-31(23-13-15-24(39-2)16-14-23)29(36)26(19-22-9-5-3-6-10-22)30-27(34)20-32-17-18-33(21-28(32)35)40(37,38)25-11-7-4-8-12-25/h3-16,26H,17-21H2,1-2H3,(H,30,34)/t26-/m0/s1. The number of hydrogen-bond acceptors (Lipinski definition) is 6. The molecular weight excluding hydrogens is 532 g/mol. The largest absolute Gasteiger partial charge is 0.497 e. The van der Waals surface area contributed by atoms with E-state index in [1.807, 2.05) is 30.3 Å². The summed E-state index contributed by atoms with van der Waals surface area (Å²) in [6, 6.07) is 23.3. The predicted molar refractivity (Wildman–Crippen MR) is 150 cm³/mol. The van der Waals surface area contributed by atoms with Gasteiger partial charge in [0.1, 0.15) is 11.8 Å². The van der Waals surface area contributed by atoms with Gasteiger partial charge in [0.25, 0.3) is 0 Å². The number of sulfonamides is 1. The van der Waals surface area contributed by atoms with Crippen molar-refractivity contribution in [3.63, 3.8) is 0 Å². The number of carbonyl (C=O) groups excluding carboxylic acids is 3. The summed E-state index contributed by atoms with van der Waals surface area (Å²) in [5.41, 5.74) is 1.49. The molecule has 3 aromatic rings. The van der Waals surface area contributed by atoms with Gasteiger partial charge in [0.15, 0.2) is 0 Å². The Morgan fingerprint density at radius 3 is 2.17 bits per heavy atom. The van der Waals surface area contributed by atoms with Crippen LogP contribution in [0.3, 0.4) is 0 Å². The summed E-state index contributed by atoms with van der Waals surface area (Å²) in [6.07, 6.45) is 0.253. The van der Waals surface area contributed by atoms with Gasteiger partial charge >= 0.3 is 0 Å². The minimum absolute atomic E-state index is 0.0569. The highest BCUT2D eigenvalue weighted by Gasteiger charge is 2.34. The number of benzene rings is 3. The van der Waals surface area contributed by atoms with Crippen LogP contribution in [0.15, 0.2) is 89.8 Å². The molecule has 1 aliphatic heterocycles. The number of rotatable bonds is 10. The highest BCUT2D eigenvalue weighted by atomic mass is 32.2. The van der Waals surface area contributed by atoms with Crippen LogP contribution < -0.4 is 15.0 Å². The fourth-order valence-electron chi connectivity index (χ4n) is 4.43. The molecular formula is C29H32N4O6S. The topological polar surface area (TPSA) is 116 Å². The first-order chi connectivity index (χ1) is 19.2. The molecule has 11 heteroatoms. The van der Waals surface area contributed by atoms with Crippen LogP contribution in [0.5, 0.6) is 5.75 Å². The maximum absolute atomic E-state index is 13.5. The van der Waals surface area contributed by atoms with Crippen LogP contribution in [0.1, 0.15) is 5.56 Å². The summed E-state index contributed by atoms with van der Waals surface area (Å²) in [4.78, 5) is 42.3. The van der Waals surface area contributed by atoms with Crippen LogP contribution in [0.4, 0.5) is 5.69 Å². The number of ether oxygens (including phenoxy) is 1. The van der Waals surface area contributed by atoms with Gasteiger partial charge in [-0.1, -0.05) is 48.5 Å². The lowest BCUT2D eigenvalue weighted by Crippen LogP contribution is -2.56. The second-order valence-electron chi connectivity index (χ2n) is 9.37. The van der Waals surface area contributed by atoms with Crippen molar-refractivity contribution < 1.29 is 27.5 Å². The monoisotopic (exact) mass is 564 g/mol. The van der Waals surface area contributed by atoms with Gasteiger partial charge in [-0.05, 0) is 42.0 Å². The van der Waals surface area contributed by atoms with Gasteiger partial charge in [-0.25, -0.2) is 8.42 Å². The average molecular weight is 565 g/mol. The Morgan fingerprint density at radius 1 is 0.950 bits per heavy atom. The summed E-state index contributed by atoms with van der Waals surface area (Å²) in [6.45, 7) is -0.538. The molecule has 0 spiro atoms. The van der Waals surface area contributed by atoms with Gasteiger partial charge in [0.2, 0.25) is 27.7 Å². The predicted octanol–water partition coefficient (Wildman–Crippen LogP) is 1.92. The molecule has 0 unspecified atom stereocenters. The number of likely N-dealkylation sites (N-methyl/N-ethyl adjacent to an activating group) is 1. The molecule has 1 aliphatic rings. The summed E-state index contributed by atoms with van der Waals surface area (Å²) in [5, 5.41) is 2.79. The second-order valence-corrected chi connectivity index (χ2v) is 11.3. The molecule has 3 aromatic carbocycles. The first kappa shape index (κ1) is 28.8. The second kappa shape index (κ2) is 12.8. The van der Waals surface area contributed by atoms with Crippen molar-refractivity contribution in [2.24, 2.45) is 0 Å². The van der Waals surface area contributed by atoms with E-state index in [0.29, 0.717) is 11.4 Å². The first-order valence-corrected chi connectivity index (χ1v) is 14.2. The molecule has 1 atom stereocenters. The lowest BCUT2D eigenvalue weighted by atomic mass is 10.0. The minimum Gasteiger partial charge on any atom is -0.497 e. The third-order valence-electron chi connectivity index (χ3n) is 6.71. The summed E-state index contributed by atoms with van der Waals surface area (Å²) in [7, 11) is -0.638. The van der Waals surface area contributed by atoms with Crippen LogP contribution in [0, 0.1) is 0 Å². The van der Waals surface area contributed by atoms with E-state index >= 15 is 0 Å². The lowest BCUT2D eigenvalue weighted by Gasteiger charge is -2.33. The van der Waals surface area contributed by atoms with E-state index in [-0.39, 0.29) is 43.4 Å². The van der Waals surface area contributed by atoms with E-state index in [4.69, 9.17) is 4.74 Å². The average Bonchev–Trinajstić information content (AvgIpc) is 2.98. The molecule has 40 heavy (non-hydrogen) atoms. The molecule has 0 aliphatic carbocycles. The molecule has 3 amide bonds. The van der Waals surface area contributed by atoms with E-state index in [9.17, 15) is 22.8 Å². The van der Waals surface area contributed by atoms with E-state index < -0.39 is 27.9 Å². The molecule has 0 bridgehead atoms. The number of carbonyl (C=O) groups is 3. The van der Waals surface area contributed by atoms with Crippen LogP contribution in [-0.2, 0) is 30.8 Å². The zero-order chi connectivity index (χ0) is 28.7. The number of nitrogens with one attached hydrogen (secondary N) is 1. The fraction of sp³-hybridized carbons (Fsp3) is 0.276. The third kappa shape index (κ3) is 6.85. The summed E-state index contributed by atoms with van der Waals surface area (Å²) >= 11 is 0. The first-order valence-electron chi connectivity index (χ1n) is 12.8. The molecule has 1 saturated heterocycles. The normalized spacial score (nSPS) is 14.8. The Balaban J connectivity index is 1.42. The minimum atomic E-state index is -3.82. The van der Waals surface area contributed by atoms with Gasteiger partial charge < -0.3 is 19.9 Å². The number of methoxy groups -OCH3 is 1. The molecule has 1 heterocycles. The van der Waals surface area contributed by atoms with Crippen molar-refractivity contribution in [3.8, 4) is 5.75 Å². The van der Waals surface area contributed by atoms with Gasteiger partial charge in [0.05, 0.1) is 25.1 Å². The number of nitrogens with zero attached hydrogens (tertiary/aromatic N) is 3. The Hall–Kier alpha value is -4.22. The summed E-state index contributed by atoms with van der Waals surface area (Å²) < 4.78 is 32.1. The number of hydrogen-bond donors (Lipinski definition) is 1. The highest BCUT2D eigenvalue weighted by Crippen LogP contribution is 2.20. The number of amides is 3. The Labute approximate surface area is 234 Å². The maximum atomic E-state index is 13.5. The molecule has 0 aromatic heterocycles. The molecule has 1 fully saturated rings. The lowest BCUT2D eigenvalue weighted by molar-refractivity contribution is -0.139. The van der Waals surface area contributed by atoms with E-state index in [0.717, 1.165) is 9.87 Å². The van der Waals surface area contributed by atoms with Crippen LogP contribution in [0.2, 0.25) is 0 Å². The fourth-order valence-corrected chi connectivity index (χ4v) is 5.83. The number of piperazine rings is 1. The molecule has 0 saturated carbocycles. The van der Waals surface area contributed by atoms with Crippen molar-refractivity contribution >= 4 is 33.4 Å².